The first kappa shape index (κ1) is 23.0. The molecule has 1 aliphatic rings. The molecule has 1 aromatic heterocycles. The summed E-state index contributed by atoms with van der Waals surface area (Å²) >= 11 is 7.62. The molecule has 4 rings (SSSR count). The molecule has 0 spiro atoms. The number of ether oxygens (including phenoxy) is 2. The minimum absolute atomic E-state index is 0.0976. The number of benzene rings is 2. The number of carbonyl (C=O) groups is 1. The van der Waals surface area contributed by atoms with Gasteiger partial charge in [0.15, 0.2) is 15.0 Å². The molecular formula is C22H23ClN2O5S2. The zero-order chi connectivity index (χ0) is 22.7. The maximum absolute atomic E-state index is 13.2. The second-order valence-corrected chi connectivity index (χ2v) is 11.0. The summed E-state index contributed by atoms with van der Waals surface area (Å²) in [7, 11) is -2.11. The minimum Gasteiger partial charge on any atom is -0.497 e. The number of thiazole rings is 1. The topological polar surface area (TPSA) is 85.8 Å². The number of fused-ring (bicyclic) bond motifs is 1. The highest BCUT2D eigenvalue weighted by molar-refractivity contribution is 7.91. The number of halogens is 1. The van der Waals surface area contributed by atoms with E-state index in [9.17, 15) is 13.2 Å². The van der Waals surface area contributed by atoms with E-state index in [0.29, 0.717) is 34.6 Å². The maximum atomic E-state index is 13.2. The Morgan fingerprint density at radius 2 is 2.06 bits per heavy atom. The van der Waals surface area contributed by atoms with Crippen molar-refractivity contribution in [3.8, 4) is 5.75 Å². The number of amides is 1. The van der Waals surface area contributed by atoms with E-state index < -0.39 is 9.84 Å². The number of aromatic nitrogens is 1. The van der Waals surface area contributed by atoms with Crippen molar-refractivity contribution in [2.24, 2.45) is 0 Å². The monoisotopic (exact) mass is 494 g/mol. The molecule has 32 heavy (non-hydrogen) atoms. The van der Waals surface area contributed by atoms with Crippen molar-refractivity contribution in [1.29, 1.82) is 0 Å². The van der Waals surface area contributed by atoms with Gasteiger partial charge in [-0.1, -0.05) is 29.0 Å². The van der Waals surface area contributed by atoms with Crippen LogP contribution < -0.4 is 9.64 Å². The smallest absolute Gasteiger partial charge is 0.229 e. The summed E-state index contributed by atoms with van der Waals surface area (Å²) in [6.07, 6.45) is 1.52. The second kappa shape index (κ2) is 9.74. The molecule has 2 heterocycles. The molecule has 0 saturated carbocycles. The van der Waals surface area contributed by atoms with Crippen LogP contribution in [-0.2, 0) is 19.4 Å². The largest absolute Gasteiger partial charge is 0.497 e. The minimum atomic E-state index is -3.63. The fraction of sp³-hybridized carbons (Fsp3) is 0.364. The first-order valence-corrected chi connectivity index (χ1v) is 13.1. The van der Waals surface area contributed by atoms with E-state index in [1.54, 1.807) is 23.1 Å². The summed E-state index contributed by atoms with van der Waals surface area (Å²) in [4.78, 5) is 19.5. The third kappa shape index (κ3) is 5.06. The normalized spacial score (nSPS) is 16.4. The number of rotatable bonds is 8. The van der Waals surface area contributed by atoms with Crippen LogP contribution in [0.3, 0.4) is 0 Å². The SMILES string of the molecule is COc1ccc(S(=O)(=O)CCC(=O)N(CC2CCCO2)c2nc3c(Cl)cccc3s2)cc1. The molecule has 0 N–H and O–H groups in total. The van der Waals surface area contributed by atoms with E-state index in [-0.39, 0.29) is 29.1 Å². The zero-order valence-corrected chi connectivity index (χ0v) is 19.9. The number of para-hydroxylation sites is 1. The van der Waals surface area contributed by atoms with E-state index in [0.717, 1.165) is 17.5 Å². The van der Waals surface area contributed by atoms with Gasteiger partial charge in [-0.15, -0.1) is 0 Å². The Morgan fingerprint density at radius 1 is 1.28 bits per heavy atom. The fourth-order valence-corrected chi connectivity index (χ4v) is 6.08. The Kier molecular flexibility index (Phi) is 6.99. The van der Waals surface area contributed by atoms with E-state index in [4.69, 9.17) is 21.1 Å². The van der Waals surface area contributed by atoms with Crippen LogP contribution in [0.25, 0.3) is 10.2 Å². The highest BCUT2D eigenvalue weighted by Gasteiger charge is 2.28. The molecule has 170 valence electrons. The van der Waals surface area contributed by atoms with E-state index >= 15 is 0 Å². The van der Waals surface area contributed by atoms with Crippen LogP contribution in [0, 0.1) is 0 Å². The Hall–Kier alpha value is -2.20. The number of anilines is 1. The van der Waals surface area contributed by atoms with Crippen molar-refractivity contribution in [3.05, 3.63) is 47.5 Å². The molecule has 1 fully saturated rings. The van der Waals surface area contributed by atoms with Crippen LogP contribution in [0.4, 0.5) is 5.13 Å². The molecule has 1 saturated heterocycles. The van der Waals surface area contributed by atoms with Crippen LogP contribution in [0.1, 0.15) is 19.3 Å². The summed E-state index contributed by atoms with van der Waals surface area (Å²) in [5.41, 5.74) is 0.630. The molecule has 1 atom stereocenters. The molecule has 0 bridgehead atoms. The molecule has 1 aliphatic heterocycles. The first-order chi connectivity index (χ1) is 15.4. The lowest BCUT2D eigenvalue weighted by atomic mass is 10.2. The Balaban J connectivity index is 1.54. The van der Waals surface area contributed by atoms with Gasteiger partial charge in [0, 0.05) is 13.0 Å². The van der Waals surface area contributed by atoms with Gasteiger partial charge in [0.2, 0.25) is 5.91 Å². The van der Waals surface area contributed by atoms with Gasteiger partial charge in [0.25, 0.3) is 0 Å². The molecule has 0 radical (unpaired) electrons. The van der Waals surface area contributed by atoms with Crippen molar-refractivity contribution < 1.29 is 22.7 Å². The van der Waals surface area contributed by atoms with Crippen molar-refractivity contribution in [3.63, 3.8) is 0 Å². The highest BCUT2D eigenvalue weighted by Crippen LogP contribution is 2.34. The van der Waals surface area contributed by atoms with Gasteiger partial charge < -0.3 is 9.47 Å². The third-order valence-corrected chi connectivity index (χ3v) is 8.38. The average Bonchev–Trinajstić information content (AvgIpc) is 3.46. The van der Waals surface area contributed by atoms with Crippen LogP contribution in [0.5, 0.6) is 5.75 Å². The van der Waals surface area contributed by atoms with Crippen LogP contribution >= 0.6 is 22.9 Å². The van der Waals surface area contributed by atoms with Crippen molar-refractivity contribution in [2.75, 3.05) is 30.9 Å². The predicted molar refractivity (Wildman–Crippen MR) is 126 cm³/mol. The Bertz CT molecular complexity index is 1200. The lowest BCUT2D eigenvalue weighted by Crippen LogP contribution is -2.38. The summed E-state index contributed by atoms with van der Waals surface area (Å²) in [5.74, 6) is -0.0451. The molecule has 3 aromatic rings. The Labute approximate surface area is 195 Å². The third-order valence-electron chi connectivity index (χ3n) is 5.30. The van der Waals surface area contributed by atoms with Crippen molar-refractivity contribution in [2.45, 2.75) is 30.3 Å². The number of methoxy groups -OCH3 is 1. The lowest BCUT2D eigenvalue weighted by Gasteiger charge is -2.23. The van der Waals surface area contributed by atoms with Gasteiger partial charge in [-0.2, -0.15) is 0 Å². The van der Waals surface area contributed by atoms with Crippen LogP contribution in [0.15, 0.2) is 47.4 Å². The van der Waals surface area contributed by atoms with E-state index in [1.165, 1.54) is 30.6 Å². The van der Waals surface area contributed by atoms with Gasteiger partial charge in [0.05, 0.1) is 40.1 Å². The Morgan fingerprint density at radius 3 is 2.72 bits per heavy atom. The van der Waals surface area contributed by atoms with Gasteiger partial charge >= 0.3 is 0 Å². The van der Waals surface area contributed by atoms with E-state index in [1.807, 2.05) is 12.1 Å². The summed E-state index contributed by atoms with van der Waals surface area (Å²) in [5, 5.41) is 1.01. The number of sulfone groups is 1. The molecule has 0 aliphatic carbocycles. The number of hydrogen-bond acceptors (Lipinski definition) is 7. The fourth-order valence-electron chi connectivity index (χ4n) is 3.55. The van der Waals surface area contributed by atoms with Crippen molar-refractivity contribution in [1.82, 2.24) is 4.98 Å². The quantitative estimate of drug-likeness (QED) is 0.463. The lowest BCUT2D eigenvalue weighted by molar-refractivity contribution is -0.118. The number of carbonyl (C=O) groups excluding carboxylic acids is 1. The van der Waals surface area contributed by atoms with Crippen LogP contribution in [-0.4, -0.2) is 51.4 Å². The number of hydrogen-bond donors (Lipinski definition) is 0. The molecule has 1 unspecified atom stereocenters. The molecule has 1 amide bonds. The summed E-state index contributed by atoms with van der Waals surface area (Å²) in [6.45, 7) is 0.989. The zero-order valence-electron chi connectivity index (χ0n) is 17.5. The predicted octanol–water partition coefficient (Wildman–Crippen LogP) is 4.33. The highest BCUT2D eigenvalue weighted by atomic mass is 35.5. The molecule has 2 aromatic carbocycles. The number of nitrogens with zero attached hydrogens (tertiary/aromatic N) is 2. The van der Waals surface area contributed by atoms with Gasteiger partial charge in [-0.25, -0.2) is 13.4 Å². The first-order valence-electron chi connectivity index (χ1n) is 10.2. The van der Waals surface area contributed by atoms with Gasteiger partial charge in [-0.05, 0) is 49.2 Å². The van der Waals surface area contributed by atoms with Gasteiger partial charge in [-0.3, -0.25) is 9.69 Å². The van der Waals surface area contributed by atoms with E-state index in [2.05, 4.69) is 4.98 Å². The molecular weight excluding hydrogens is 472 g/mol. The van der Waals surface area contributed by atoms with Gasteiger partial charge in [0.1, 0.15) is 11.3 Å². The maximum Gasteiger partial charge on any atom is 0.229 e. The van der Waals surface area contributed by atoms with Crippen LogP contribution in [0.2, 0.25) is 5.02 Å². The van der Waals surface area contributed by atoms with Crippen molar-refractivity contribution >= 4 is 54.0 Å². The standard InChI is InChI=1S/C22H23ClN2O5S2/c1-29-15-7-9-17(10-8-15)32(27,28)13-11-20(26)25(14-16-4-3-12-30-16)22-24-21-18(23)5-2-6-19(21)31-22/h2,5-10,16H,3-4,11-14H2,1H3. The summed E-state index contributed by atoms with van der Waals surface area (Å²) < 4.78 is 37.2. The molecule has 10 heteroatoms. The average molecular weight is 495 g/mol. The molecule has 7 nitrogen and oxygen atoms in total. The second-order valence-electron chi connectivity index (χ2n) is 7.47. The summed E-state index contributed by atoms with van der Waals surface area (Å²) in [6, 6.07) is 11.6.